The summed E-state index contributed by atoms with van der Waals surface area (Å²) in [7, 11) is 0. The molecule has 0 atom stereocenters. The predicted octanol–water partition coefficient (Wildman–Crippen LogP) is 6.10. The topological polar surface area (TPSA) is 83.5 Å². The number of nitrogens with zero attached hydrogens (tertiary/aromatic N) is 5. The molecule has 0 aliphatic rings. The van der Waals surface area contributed by atoms with E-state index >= 15 is 0 Å². The smallest absolute Gasteiger partial charge is 0.291 e. The zero-order valence-electron chi connectivity index (χ0n) is 23.8. The predicted molar refractivity (Wildman–Crippen MR) is 167 cm³/mol. The van der Waals surface area contributed by atoms with Crippen molar-refractivity contribution >= 4 is 22.4 Å². The summed E-state index contributed by atoms with van der Waals surface area (Å²) in [6.07, 6.45) is 5.93. The van der Waals surface area contributed by atoms with Crippen molar-refractivity contribution in [1.29, 1.82) is 0 Å². The van der Waals surface area contributed by atoms with Gasteiger partial charge in [-0.25, -0.2) is 4.68 Å². The Kier molecular flexibility index (Phi) is 7.83. The SMILES string of the molecule is CCCCOc1ccc(-c2nn(-c3ccccc3)cc2/C=c2\sc3nc(-c4ccc(OCC)cc4)nn3c2=O)c(C)c1. The summed E-state index contributed by atoms with van der Waals surface area (Å²) in [6, 6.07) is 23.5. The molecule has 0 aliphatic carbocycles. The lowest BCUT2D eigenvalue weighted by Gasteiger charge is -2.09. The number of para-hydroxylation sites is 1. The van der Waals surface area contributed by atoms with Crippen molar-refractivity contribution in [2.75, 3.05) is 13.2 Å². The first-order valence-electron chi connectivity index (χ1n) is 14.1. The van der Waals surface area contributed by atoms with Gasteiger partial charge < -0.3 is 9.47 Å². The Bertz CT molecular complexity index is 1940. The number of ether oxygens (including phenoxy) is 2. The van der Waals surface area contributed by atoms with Crippen LogP contribution in [0.15, 0.2) is 83.8 Å². The number of hydrogen-bond acceptors (Lipinski definition) is 7. The van der Waals surface area contributed by atoms with E-state index in [0.29, 0.717) is 28.5 Å². The lowest BCUT2D eigenvalue weighted by Crippen LogP contribution is -2.23. The largest absolute Gasteiger partial charge is 0.494 e. The molecule has 0 saturated heterocycles. The molecule has 0 unspecified atom stereocenters. The molecule has 0 spiro atoms. The van der Waals surface area contributed by atoms with E-state index in [9.17, 15) is 4.79 Å². The van der Waals surface area contributed by atoms with Crippen molar-refractivity contribution in [3.8, 4) is 39.8 Å². The van der Waals surface area contributed by atoms with Gasteiger partial charge in [-0.3, -0.25) is 4.79 Å². The third-order valence-corrected chi connectivity index (χ3v) is 7.83. The second-order valence-electron chi connectivity index (χ2n) is 9.89. The van der Waals surface area contributed by atoms with Crippen LogP contribution in [0.25, 0.3) is 39.4 Å². The summed E-state index contributed by atoms with van der Waals surface area (Å²) in [4.78, 5) is 18.6. The highest BCUT2D eigenvalue weighted by Crippen LogP contribution is 2.30. The Balaban J connectivity index is 1.40. The average molecular weight is 578 g/mol. The molecule has 0 radical (unpaired) electrons. The van der Waals surface area contributed by atoms with Crippen LogP contribution in [0.4, 0.5) is 0 Å². The summed E-state index contributed by atoms with van der Waals surface area (Å²) in [5.74, 6) is 2.13. The van der Waals surface area contributed by atoms with Gasteiger partial charge in [-0.05, 0) is 86.5 Å². The maximum atomic E-state index is 13.5. The van der Waals surface area contributed by atoms with Crippen LogP contribution < -0.4 is 19.6 Å². The molecule has 3 heterocycles. The highest BCUT2D eigenvalue weighted by atomic mass is 32.1. The van der Waals surface area contributed by atoms with E-state index in [1.54, 1.807) is 0 Å². The van der Waals surface area contributed by atoms with Crippen LogP contribution >= 0.6 is 11.3 Å². The zero-order valence-corrected chi connectivity index (χ0v) is 24.6. The summed E-state index contributed by atoms with van der Waals surface area (Å²) >= 11 is 1.31. The summed E-state index contributed by atoms with van der Waals surface area (Å²) in [5.41, 5.74) is 5.17. The third-order valence-electron chi connectivity index (χ3n) is 6.87. The van der Waals surface area contributed by atoms with Crippen LogP contribution in [-0.4, -0.2) is 37.6 Å². The molecular formula is C33H31N5O3S. The Morgan fingerprint density at radius 1 is 0.929 bits per heavy atom. The zero-order chi connectivity index (χ0) is 29.1. The van der Waals surface area contributed by atoms with Crippen LogP contribution in [0.5, 0.6) is 11.5 Å². The molecule has 0 N–H and O–H groups in total. The van der Waals surface area contributed by atoms with Crippen molar-refractivity contribution in [2.24, 2.45) is 0 Å². The highest BCUT2D eigenvalue weighted by molar-refractivity contribution is 7.15. The average Bonchev–Trinajstić information content (AvgIpc) is 3.69. The lowest BCUT2D eigenvalue weighted by atomic mass is 10.0. The Hall–Kier alpha value is -4.76. The van der Waals surface area contributed by atoms with E-state index in [0.717, 1.165) is 58.0 Å². The van der Waals surface area contributed by atoms with Crippen LogP contribution in [0.3, 0.4) is 0 Å². The van der Waals surface area contributed by atoms with Gasteiger partial charge in [-0.15, -0.1) is 5.10 Å². The number of fused-ring (bicyclic) bond motifs is 1. The van der Waals surface area contributed by atoms with Crippen LogP contribution in [-0.2, 0) is 0 Å². The van der Waals surface area contributed by atoms with Gasteiger partial charge in [0, 0.05) is 22.9 Å². The Morgan fingerprint density at radius 2 is 1.71 bits per heavy atom. The molecule has 212 valence electrons. The van der Waals surface area contributed by atoms with E-state index < -0.39 is 0 Å². The minimum atomic E-state index is -0.213. The fraction of sp³-hybridized carbons (Fsp3) is 0.212. The fourth-order valence-electron chi connectivity index (χ4n) is 4.71. The minimum Gasteiger partial charge on any atom is -0.494 e. The molecule has 42 heavy (non-hydrogen) atoms. The van der Waals surface area contributed by atoms with E-state index in [4.69, 9.17) is 14.6 Å². The molecule has 0 fully saturated rings. The molecule has 3 aromatic heterocycles. The van der Waals surface area contributed by atoms with E-state index in [1.807, 2.05) is 96.7 Å². The van der Waals surface area contributed by atoms with Crippen LogP contribution in [0, 0.1) is 6.92 Å². The lowest BCUT2D eigenvalue weighted by molar-refractivity contribution is 0.309. The first-order valence-corrected chi connectivity index (χ1v) is 14.9. The number of aromatic nitrogens is 5. The second-order valence-corrected chi connectivity index (χ2v) is 10.9. The van der Waals surface area contributed by atoms with Gasteiger partial charge in [0.1, 0.15) is 17.2 Å². The minimum absolute atomic E-state index is 0.213. The Labute approximate surface area is 247 Å². The quantitative estimate of drug-likeness (QED) is 0.183. The molecule has 3 aromatic carbocycles. The van der Waals surface area contributed by atoms with E-state index in [-0.39, 0.29) is 5.56 Å². The van der Waals surface area contributed by atoms with Crippen molar-refractivity contribution in [3.63, 3.8) is 0 Å². The standard InChI is InChI=1S/C33H31N5O3S/c1-4-6-18-41-27-16-17-28(22(3)19-27)30-24(21-37(35-30)25-10-8-7-9-11-25)20-29-32(39)38-33(42-29)34-31(36-38)23-12-14-26(15-13-23)40-5-2/h7-17,19-21H,4-6,18H2,1-3H3/b29-20-. The van der Waals surface area contributed by atoms with Gasteiger partial charge in [-0.2, -0.15) is 14.6 Å². The van der Waals surface area contributed by atoms with Crippen molar-refractivity contribution < 1.29 is 9.47 Å². The summed E-state index contributed by atoms with van der Waals surface area (Å²) in [6.45, 7) is 7.44. The van der Waals surface area contributed by atoms with Crippen LogP contribution in [0.2, 0.25) is 0 Å². The molecule has 0 aliphatic heterocycles. The second kappa shape index (κ2) is 12.0. The molecule has 6 aromatic rings. The van der Waals surface area contributed by atoms with E-state index in [1.165, 1.54) is 15.9 Å². The monoisotopic (exact) mass is 577 g/mol. The number of rotatable bonds is 10. The Morgan fingerprint density at radius 3 is 2.43 bits per heavy atom. The molecule has 9 heteroatoms. The molecular weight excluding hydrogens is 546 g/mol. The molecule has 6 rings (SSSR count). The van der Waals surface area contributed by atoms with Crippen molar-refractivity contribution in [3.05, 3.63) is 105 Å². The number of benzene rings is 3. The third kappa shape index (κ3) is 5.56. The normalized spacial score (nSPS) is 11.8. The number of hydrogen-bond donors (Lipinski definition) is 0. The summed E-state index contributed by atoms with van der Waals surface area (Å²) < 4.78 is 15.2. The van der Waals surface area contributed by atoms with Gasteiger partial charge in [-0.1, -0.05) is 42.9 Å². The number of thiazole rings is 1. The molecule has 8 nitrogen and oxygen atoms in total. The van der Waals surface area contributed by atoms with Gasteiger partial charge in [0.25, 0.3) is 5.56 Å². The summed E-state index contributed by atoms with van der Waals surface area (Å²) in [5, 5.41) is 9.47. The van der Waals surface area contributed by atoms with Crippen LogP contribution in [0.1, 0.15) is 37.8 Å². The number of aryl methyl sites for hydroxylation is 1. The fourth-order valence-corrected chi connectivity index (χ4v) is 5.60. The molecule has 0 saturated carbocycles. The van der Waals surface area contributed by atoms with Gasteiger partial charge >= 0.3 is 0 Å². The van der Waals surface area contributed by atoms with Crippen molar-refractivity contribution in [1.82, 2.24) is 24.4 Å². The maximum Gasteiger partial charge on any atom is 0.291 e. The van der Waals surface area contributed by atoms with Gasteiger partial charge in [0.15, 0.2) is 5.82 Å². The first-order chi connectivity index (χ1) is 20.5. The highest BCUT2D eigenvalue weighted by Gasteiger charge is 2.16. The number of unbranched alkanes of at least 4 members (excludes halogenated alkanes) is 1. The molecule has 0 amide bonds. The first kappa shape index (κ1) is 27.4. The maximum absolute atomic E-state index is 13.5. The van der Waals surface area contributed by atoms with Gasteiger partial charge in [0.05, 0.1) is 23.4 Å². The van der Waals surface area contributed by atoms with E-state index in [2.05, 4.69) is 23.9 Å². The molecule has 0 bridgehead atoms. The van der Waals surface area contributed by atoms with Gasteiger partial charge in [0.2, 0.25) is 4.96 Å². The van der Waals surface area contributed by atoms with Crippen molar-refractivity contribution in [2.45, 2.75) is 33.6 Å².